The van der Waals surface area contributed by atoms with E-state index in [-0.39, 0.29) is 30.0 Å². The van der Waals surface area contributed by atoms with Gasteiger partial charge in [-0.1, -0.05) is 30.0 Å². The van der Waals surface area contributed by atoms with Crippen molar-refractivity contribution in [1.82, 2.24) is 14.8 Å². The van der Waals surface area contributed by atoms with Crippen LogP contribution in [0.2, 0.25) is 0 Å². The van der Waals surface area contributed by atoms with Gasteiger partial charge in [-0.05, 0) is 26.0 Å². The van der Waals surface area contributed by atoms with Gasteiger partial charge in [0.1, 0.15) is 5.82 Å². The Morgan fingerprint density at radius 1 is 1.42 bits per heavy atom. The molecule has 7 nitrogen and oxygen atoms in total. The molecule has 2 aromatic rings. The van der Waals surface area contributed by atoms with E-state index in [2.05, 4.69) is 22.1 Å². The standard InChI is InChI=1S/C18H21N5O2S/c1-4-9-22-13(3)20-21-18(22)26-11-17(25)23-12(2)10-16(24)19-14-7-5-6-8-15(14)23/h4-8,12H,1,9-11H2,2-3H3,(H,19,24). The van der Waals surface area contributed by atoms with Gasteiger partial charge in [0.15, 0.2) is 5.16 Å². The van der Waals surface area contributed by atoms with Crippen LogP contribution in [0.4, 0.5) is 11.4 Å². The van der Waals surface area contributed by atoms with Crippen molar-refractivity contribution in [2.75, 3.05) is 16.0 Å². The van der Waals surface area contributed by atoms with Gasteiger partial charge < -0.3 is 14.8 Å². The molecule has 0 bridgehead atoms. The molecule has 26 heavy (non-hydrogen) atoms. The largest absolute Gasteiger partial charge is 0.324 e. The maximum absolute atomic E-state index is 13.0. The number of carbonyl (C=O) groups excluding carboxylic acids is 2. The monoisotopic (exact) mass is 371 g/mol. The molecule has 1 aliphatic heterocycles. The van der Waals surface area contributed by atoms with E-state index in [1.54, 1.807) is 11.0 Å². The minimum atomic E-state index is -0.223. The van der Waals surface area contributed by atoms with Crippen LogP contribution in [0, 0.1) is 6.92 Å². The fourth-order valence-corrected chi connectivity index (χ4v) is 3.82. The molecule has 1 aliphatic rings. The fourth-order valence-electron chi connectivity index (χ4n) is 2.97. The van der Waals surface area contributed by atoms with Crippen LogP contribution in [0.3, 0.4) is 0 Å². The van der Waals surface area contributed by atoms with Crippen molar-refractivity contribution in [2.45, 2.75) is 38.0 Å². The van der Waals surface area contributed by atoms with Crippen LogP contribution in [-0.4, -0.2) is 38.4 Å². The second-order valence-electron chi connectivity index (χ2n) is 6.10. The van der Waals surface area contributed by atoms with Crippen LogP contribution in [-0.2, 0) is 16.1 Å². The normalized spacial score (nSPS) is 16.6. The molecule has 1 N–H and O–H groups in total. The number of hydrogen-bond acceptors (Lipinski definition) is 5. The first-order chi connectivity index (χ1) is 12.5. The highest BCUT2D eigenvalue weighted by atomic mass is 32.2. The number of thioether (sulfide) groups is 1. The first-order valence-corrected chi connectivity index (χ1v) is 9.34. The second-order valence-corrected chi connectivity index (χ2v) is 7.04. The molecule has 0 fully saturated rings. The van der Waals surface area contributed by atoms with Crippen molar-refractivity contribution in [3.05, 3.63) is 42.7 Å². The van der Waals surface area contributed by atoms with Gasteiger partial charge in [-0.15, -0.1) is 16.8 Å². The molecule has 136 valence electrons. The molecule has 2 heterocycles. The quantitative estimate of drug-likeness (QED) is 0.646. The third kappa shape index (κ3) is 3.65. The zero-order valence-corrected chi connectivity index (χ0v) is 15.6. The average Bonchev–Trinajstić information content (AvgIpc) is 2.88. The lowest BCUT2D eigenvalue weighted by Crippen LogP contribution is -2.40. The maximum Gasteiger partial charge on any atom is 0.237 e. The number of nitrogens with one attached hydrogen (secondary N) is 1. The Balaban J connectivity index is 1.81. The van der Waals surface area contributed by atoms with Gasteiger partial charge in [-0.3, -0.25) is 9.59 Å². The molecule has 0 saturated carbocycles. The highest BCUT2D eigenvalue weighted by Crippen LogP contribution is 2.32. The Labute approximate surface area is 156 Å². The summed E-state index contributed by atoms with van der Waals surface area (Å²) >= 11 is 1.34. The van der Waals surface area contributed by atoms with Gasteiger partial charge in [0.25, 0.3) is 0 Å². The Morgan fingerprint density at radius 3 is 2.96 bits per heavy atom. The molecule has 1 aromatic heterocycles. The van der Waals surface area contributed by atoms with Gasteiger partial charge in [0, 0.05) is 19.0 Å². The molecular formula is C18H21N5O2S. The number of rotatable bonds is 5. The smallest absolute Gasteiger partial charge is 0.237 e. The molecule has 1 aromatic carbocycles. The predicted molar refractivity (Wildman–Crippen MR) is 102 cm³/mol. The summed E-state index contributed by atoms with van der Waals surface area (Å²) in [6.07, 6.45) is 2.03. The molecule has 0 saturated heterocycles. The first-order valence-electron chi connectivity index (χ1n) is 8.35. The summed E-state index contributed by atoms with van der Waals surface area (Å²) in [7, 11) is 0. The highest BCUT2D eigenvalue weighted by molar-refractivity contribution is 7.99. The van der Waals surface area contributed by atoms with E-state index in [0.717, 1.165) is 11.5 Å². The van der Waals surface area contributed by atoms with Crippen molar-refractivity contribution >= 4 is 35.0 Å². The van der Waals surface area contributed by atoms with E-state index in [0.29, 0.717) is 17.4 Å². The number of para-hydroxylation sites is 2. The Hall–Kier alpha value is -2.61. The van der Waals surface area contributed by atoms with Crippen molar-refractivity contribution in [1.29, 1.82) is 0 Å². The molecule has 0 radical (unpaired) electrons. The second kappa shape index (κ2) is 7.74. The number of fused-ring (bicyclic) bond motifs is 1. The van der Waals surface area contributed by atoms with Crippen LogP contribution in [0.15, 0.2) is 42.1 Å². The van der Waals surface area contributed by atoms with Crippen molar-refractivity contribution in [2.24, 2.45) is 0 Å². The SMILES string of the molecule is C=CCn1c(C)nnc1SCC(=O)N1c2ccccc2NC(=O)CC1C. The Kier molecular flexibility index (Phi) is 5.41. The molecule has 2 amide bonds. The first kappa shape index (κ1) is 18.2. The molecule has 8 heteroatoms. The summed E-state index contributed by atoms with van der Waals surface area (Å²) in [6.45, 7) is 8.08. The van der Waals surface area contributed by atoms with E-state index in [1.807, 2.05) is 42.7 Å². The van der Waals surface area contributed by atoms with Gasteiger partial charge >= 0.3 is 0 Å². The van der Waals surface area contributed by atoms with Crippen molar-refractivity contribution in [3.63, 3.8) is 0 Å². The maximum atomic E-state index is 13.0. The highest BCUT2D eigenvalue weighted by Gasteiger charge is 2.29. The number of hydrogen-bond donors (Lipinski definition) is 1. The van der Waals surface area contributed by atoms with E-state index >= 15 is 0 Å². The summed E-state index contributed by atoms with van der Waals surface area (Å²) in [5.41, 5.74) is 1.38. The van der Waals surface area contributed by atoms with Crippen molar-refractivity contribution in [3.8, 4) is 0 Å². The molecule has 0 spiro atoms. The molecule has 1 atom stereocenters. The zero-order valence-electron chi connectivity index (χ0n) is 14.8. The minimum absolute atomic E-state index is 0.0720. The van der Waals surface area contributed by atoms with E-state index < -0.39 is 0 Å². The third-order valence-corrected chi connectivity index (χ3v) is 5.12. The lowest BCUT2D eigenvalue weighted by molar-refractivity contribution is -0.117. The lowest BCUT2D eigenvalue weighted by atomic mass is 10.2. The van der Waals surface area contributed by atoms with Crippen LogP contribution in [0.25, 0.3) is 0 Å². The minimum Gasteiger partial charge on any atom is -0.324 e. The summed E-state index contributed by atoms with van der Waals surface area (Å²) in [5.74, 6) is 0.830. The number of anilines is 2. The zero-order chi connectivity index (χ0) is 18.7. The van der Waals surface area contributed by atoms with E-state index in [1.165, 1.54) is 11.8 Å². The van der Waals surface area contributed by atoms with Gasteiger partial charge in [0.05, 0.1) is 17.1 Å². The van der Waals surface area contributed by atoms with Gasteiger partial charge in [-0.2, -0.15) is 0 Å². The number of aryl methyl sites for hydroxylation is 1. The average molecular weight is 371 g/mol. The van der Waals surface area contributed by atoms with Gasteiger partial charge in [0.2, 0.25) is 11.8 Å². The number of benzene rings is 1. The number of aromatic nitrogens is 3. The number of allylic oxidation sites excluding steroid dienone is 1. The molecule has 3 rings (SSSR count). The summed E-state index contributed by atoms with van der Waals surface area (Å²) in [5, 5.41) is 11.7. The molecule has 0 aliphatic carbocycles. The lowest BCUT2D eigenvalue weighted by Gasteiger charge is -2.27. The van der Waals surface area contributed by atoms with E-state index in [9.17, 15) is 9.59 Å². The van der Waals surface area contributed by atoms with E-state index in [4.69, 9.17) is 0 Å². The van der Waals surface area contributed by atoms with Crippen LogP contribution in [0.5, 0.6) is 0 Å². The van der Waals surface area contributed by atoms with Crippen LogP contribution < -0.4 is 10.2 Å². The number of carbonyl (C=O) groups is 2. The van der Waals surface area contributed by atoms with Crippen LogP contribution >= 0.6 is 11.8 Å². The van der Waals surface area contributed by atoms with Gasteiger partial charge in [-0.25, -0.2) is 0 Å². The summed E-state index contributed by atoms with van der Waals surface area (Å²) in [4.78, 5) is 26.7. The Bertz CT molecular complexity index is 848. The molecular weight excluding hydrogens is 350 g/mol. The third-order valence-electron chi connectivity index (χ3n) is 4.17. The van der Waals surface area contributed by atoms with Crippen LogP contribution in [0.1, 0.15) is 19.2 Å². The summed E-state index contributed by atoms with van der Waals surface area (Å²) in [6, 6.07) is 7.14. The topological polar surface area (TPSA) is 80.1 Å². The number of nitrogens with zero attached hydrogens (tertiary/aromatic N) is 4. The molecule has 1 unspecified atom stereocenters. The summed E-state index contributed by atoms with van der Waals surface area (Å²) < 4.78 is 1.91. The van der Waals surface area contributed by atoms with Crippen molar-refractivity contribution < 1.29 is 9.59 Å². The predicted octanol–water partition coefficient (Wildman–Crippen LogP) is 2.63. The Morgan fingerprint density at radius 2 is 2.19 bits per heavy atom. The fraction of sp³-hybridized carbons (Fsp3) is 0.333. The number of amides is 2.